The molecule has 1 aliphatic heterocycles. The van der Waals surface area contributed by atoms with Crippen molar-refractivity contribution in [2.45, 2.75) is 36.6 Å². The molecule has 1 amide bonds. The molecule has 1 N–H and O–H groups in total. The van der Waals surface area contributed by atoms with Crippen molar-refractivity contribution in [2.75, 3.05) is 13.1 Å². The van der Waals surface area contributed by atoms with E-state index >= 15 is 0 Å². The molecule has 3 rings (SSSR count). The first-order chi connectivity index (χ1) is 10.5. The Balaban J connectivity index is 1.72. The number of carbonyl (C=O) groups is 1. The fourth-order valence-corrected chi connectivity index (χ4v) is 4.33. The molecule has 1 saturated heterocycles. The zero-order valence-corrected chi connectivity index (χ0v) is 13.7. The standard InChI is InChI=1S/C15H19ClN2O3S/c16-12-3-7-14(8-4-12)22(20,21)18-9-1-2-11(10-18)15(19)17-13-5-6-13/h3-4,7-8,11,13H,1-2,5-6,9-10H2,(H,17,19)/t11-/m1/s1. The Morgan fingerprint density at radius 2 is 1.86 bits per heavy atom. The van der Waals surface area contributed by atoms with Gasteiger partial charge >= 0.3 is 0 Å². The topological polar surface area (TPSA) is 66.5 Å². The van der Waals surface area contributed by atoms with Gasteiger partial charge in [-0.1, -0.05) is 11.6 Å². The number of piperidine rings is 1. The van der Waals surface area contributed by atoms with Gasteiger partial charge < -0.3 is 5.32 Å². The van der Waals surface area contributed by atoms with E-state index in [0.29, 0.717) is 24.0 Å². The molecule has 1 aromatic carbocycles. The molecule has 1 aromatic rings. The Morgan fingerprint density at radius 1 is 1.18 bits per heavy atom. The minimum Gasteiger partial charge on any atom is -0.353 e. The number of benzene rings is 1. The van der Waals surface area contributed by atoms with Gasteiger partial charge in [0.05, 0.1) is 10.8 Å². The van der Waals surface area contributed by atoms with Gasteiger partial charge in [0.1, 0.15) is 0 Å². The van der Waals surface area contributed by atoms with Gasteiger partial charge in [0.2, 0.25) is 15.9 Å². The third kappa shape index (κ3) is 3.45. The van der Waals surface area contributed by atoms with E-state index in [4.69, 9.17) is 11.6 Å². The molecule has 0 bridgehead atoms. The van der Waals surface area contributed by atoms with E-state index in [2.05, 4.69) is 5.32 Å². The lowest BCUT2D eigenvalue weighted by Gasteiger charge is -2.31. The molecule has 1 atom stereocenters. The first kappa shape index (κ1) is 15.8. The quantitative estimate of drug-likeness (QED) is 0.910. The molecule has 7 heteroatoms. The maximum absolute atomic E-state index is 12.7. The number of rotatable bonds is 4. The summed E-state index contributed by atoms with van der Waals surface area (Å²) in [5.74, 6) is -0.269. The van der Waals surface area contributed by atoms with Crippen LogP contribution < -0.4 is 5.32 Å². The molecule has 5 nitrogen and oxygen atoms in total. The summed E-state index contributed by atoms with van der Waals surface area (Å²) in [6.07, 6.45) is 3.51. The molecule has 1 heterocycles. The zero-order chi connectivity index (χ0) is 15.7. The van der Waals surface area contributed by atoms with Crippen LogP contribution in [-0.4, -0.2) is 37.8 Å². The van der Waals surface area contributed by atoms with Crippen LogP contribution in [-0.2, 0) is 14.8 Å². The van der Waals surface area contributed by atoms with Crippen LogP contribution in [0.4, 0.5) is 0 Å². The SMILES string of the molecule is O=C(NC1CC1)[C@@H]1CCCN(S(=O)(=O)c2ccc(Cl)cc2)C1. The summed E-state index contributed by atoms with van der Waals surface area (Å²) in [6, 6.07) is 6.44. The monoisotopic (exact) mass is 342 g/mol. The third-order valence-electron chi connectivity index (χ3n) is 4.13. The van der Waals surface area contributed by atoms with E-state index < -0.39 is 10.0 Å². The molecule has 2 aliphatic rings. The predicted octanol–water partition coefficient (Wildman–Crippen LogP) is 2.02. The zero-order valence-electron chi connectivity index (χ0n) is 12.2. The lowest BCUT2D eigenvalue weighted by molar-refractivity contribution is -0.126. The normalized spacial score (nSPS) is 23.2. The Morgan fingerprint density at radius 3 is 2.50 bits per heavy atom. The predicted molar refractivity (Wildman–Crippen MR) is 84.1 cm³/mol. The Hall–Kier alpha value is -1.11. The van der Waals surface area contributed by atoms with Gasteiger partial charge in [0, 0.05) is 24.2 Å². The molecule has 1 aliphatic carbocycles. The van der Waals surface area contributed by atoms with Crippen molar-refractivity contribution < 1.29 is 13.2 Å². The van der Waals surface area contributed by atoms with Crippen LogP contribution in [0.5, 0.6) is 0 Å². The summed E-state index contributed by atoms with van der Waals surface area (Å²) in [5, 5.41) is 3.46. The van der Waals surface area contributed by atoms with Gasteiger partial charge in [-0.25, -0.2) is 8.42 Å². The van der Waals surface area contributed by atoms with Gasteiger partial charge in [-0.05, 0) is 49.9 Å². The number of nitrogens with one attached hydrogen (secondary N) is 1. The van der Waals surface area contributed by atoms with Crippen LogP contribution in [0.2, 0.25) is 5.02 Å². The fourth-order valence-electron chi connectivity index (χ4n) is 2.68. The highest BCUT2D eigenvalue weighted by Crippen LogP contribution is 2.26. The van der Waals surface area contributed by atoms with Crippen LogP contribution in [0.15, 0.2) is 29.2 Å². The van der Waals surface area contributed by atoms with Crippen LogP contribution >= 0.6 is 11.6 Å². The van der Waals surface area contributed by atoms with Crippen molar-refractivity contribution >= 4 is 27.5 Å². The molecule has 0 spiro atoms. The van der Waals surface area contributed by atoms with Gasteiger partial charge in [-0.2, -0.15) is 4.31 Å². The average Bonchev–Trinajstić information content (AvgIpc) is 3.32. The largest absolute Gasteiger partial charge is 0.353 e. The average molecular weight is 343 g/mol. The highest BCUT2D eigenvalue weighted by Gasteiger charge is 2.35. The number of carbonyl (C=O) groups excluding carboxylic acids is 1. The number of sulfonamides is 1. The Bertz CT molecular complexity index is 656. The maximum atomic E-state index is 12.7. The number of hydrogen-bond acceptors (Lipinski definition) is 3. The summed E-state index contributed by atoms with van der Waals surface area (Å²) in [4.78, 5) is 12.4. The molecule has 1 saturated carbocycles. The van der Waals surface area contributed by atoms with Gasteiger partial charge in [0.25, 0.3) is 0 Å². The maximum Gasteiger partial charge on any atom is 0.243 e. The summed E-state index contributed by atoms with van der Waals surface area (Å²) in [6.45, 7) is 0.710. The molecule has 0 aromatic heterocycles. The molecule has 0 unspecified atom stereocenters. The molecule has 120 valence electrons. The van der Waals surface area contributed by atoms with Crippen LogP contribution in [0, 0.1) is 5.92 Å². The molecule has 2 fully saturated rings. The smallest absolute Gasteiger partial charge is 0.243 e. The molecule has 22 heavy (non-hydrogen) atoms. The van der Waals surface area contributed by atoms with Crippen molar-refractivity contribution in [3.63, 3.8) is 0 Å². The lowest BCUT2D eigenvalue weighted by Crippen LogP contribution is -2.45. The number of halogens is 1. The van der Waals surface area contributed by atoms with Crippen molar-refractivity contribution in [1.82, 2.24) is 9.62 Å². The third-order valence-corrected chi connectivity index (χ3v) is 6.26. The minimum absolute atomic E-state index is 0.0153. The molecular weight excluding hydrogens is 324 g/mol. The van der Waals surface area contributed by atoms with Crippen LogP contribution in [0.1, 0.15) is 25.7 Å². The first-order valence-electron chi connectivity index (χ1n) is 7.53. The Labute approximate surface area is 135 Å². The highest BCUT2D eigenvalue weighted by atomic mass is 35.5. The summed E-state index contributed by atoms with van der Waals surface area (Å²) in [7, 11) is -3.56. The van der Waals surface area contributed by atoms with E-state index in [1.54, 1.807) is 12.1 Å². The number of nitrogens with zero attached hydrogens (tertiary/aromatic N) is 1. The summed E-state index contributed by atoms with van der Waals surface area (Å²) >= 11 is 5.81. The van der Waals surface area contributed by atoms with E-state index in [-0.39, 0.29) is 23.3 Å². The first-order valence-corrected chi connectivity index (χ1v) is 9.35. The Kier molecular flexibility index (Phi) is 4.43. The van der Waals surface area contributed by atoms with E-state index in [9.17, 15) is 13.2 Å². The minimum atomic E-state index is -3.56. The van der Waals surface area contributed by atoms with Crippen molar-refractivity contribution in [1.29, 1.82) is 0 Å². The van der Waals surface area contributed by atoms with Gasteiger partial charge in [-0.3, -0.25) is 4.79 Å². The van der Waals surface area contributed by atoms with E-state index in [1.807, 2.05) is 0 Å². The van der Waals surface area contributed by atoms with Crippen molar-refractivity contribution in [2.24, 2.45) is 5.92 Å². The van der Waals surface area contributed by atoms with E-state index in [1.165, 1.54) is 16.4 Å². The van der Waals surface area contributed by atoms with Gasteiger partial charge in [-0.15, -0.1) is 0 Å². The van der Waals surface area contributed by atoms with Crippen molar-refractivity contribution in [3.8, 4) is 0 Å². The van der Waals surface area contributed by atoms with Crippen molar-refractivity contribution in [3.05, 3.63) is 29.3 Å². The lowest BCUT2D eigenvalue weighted by atomic mass is 9.99. The van der Waals surface area contributed by atoms with Crippen LogP contribution in [0.25, 0.3) is 0 Å². The highest BCUT2D eigenvalue weighted by molar-refractivity contribution is 7.89. The summed E-state index contributed by atoms with van der Waals surface area (Å²) < 4.78 is 26.7. The second-order valence-corrected chi connectivity index (χ2v) is 8.31. The fraction of sp³-hybridized carbons (Fsp3) is 0.533. The molecule has 0 radical (unpaired) electrons. The number of hydrogen-bond donors (Lipinski definition) is 1. The second kappa shape index (κ2) is 6.18. The number of amides is 1. The van der Waals surface area contributed by atoms with Crippen LogP contribution in [0.3, 0.4) is 0 Å². The van der Waals surface area contributed by atoms with E-state index in [0.717, 1.165) is 19.3 Å². The second-order valence-electron chi connectivity index (χ2n) is 5.94. The molecular formula is C15H19ClN2O3S. The van der Waals surface area contributed by atoms with Gasteiger partial charge in [0.15, 0.2) is 0 Å². The summed E-state index contributed by atoms with van der Waals surface area (Å²) in [5.41, 5.74) is 0.